The predicted molar refractivity (Wildman–Crippen MR) is 84.6 cm³/mol. The third-order valence-electron chi connectivity index (χ3n) is 3.55. The Bertz CT molecular complexity index is 671. The van der Waals surface area contributed by atoms with E-state index in [1.807, 2.05) is 11.0 Å². The number of halogens is 1. The lowest BCUT2D eigenvalue weighted by Gasteiger charge is -2.27. The molecule has 1 fully saturated rings. The van der Waals surface area contributed by atoms with Crippen molar-refractivity contribution >= 4 is 23.5 Å². The van der Waals surface area contributed by atoms with E-state index >= 15 is 0 Å². The van der Waals surface area contributed by atoms with E-state index in [1.54, 1.807) is 19.4 Å². The van der Waals surface area contributed by atoms with E-state index in [9.17, 15) is 4.79 Å². The molecule has 7 nitrogen and oxygen atoms in total. The number of anilines is 1. The van der Waals surface area contributed by atoms with Crippen molar-refractivity contribution < 1.29 is 13.9 Å². The number of carbonyl (C=O) groups is 1. The van der Waals surface area contributed by atoms with Gasteiger partial charge < -0.3 is 19.0 Å². The van der Waals surface area contributed by atoms with Crippen LogP contribution in [0.2, 0.25) is 5.02 Å². The Morgan fingerprint density at radius 2 is 2.22 bits per heavy atom. The summed E-state index contributed by atoms with van der Waals surface area (Å²) in [5, 5.41) is 0.235. The Morgan fingerprint density at radius 3 is 2.91 bits per heavy atom. The Hall–Kier alpha value is -2.12. The lowest BCUT2D eigenvalue weighted by atomic mass is 10.3. The smallest absolute Gasteiger partial charge is 0.274 e. The van der Waals surface area contributed by atoms with Crippen molar-refractivity contribution in [1.29, 1.82) is 0 Å². The molecule has 0 radical (unpaired) electrons. The predicted octanol–water partition coefficient (Wildman–Crippen LogP) is 1.83. The first-order chi connectivity index (χ1) is 11.1. The third-order valence-corrected chi connectivity index (χ3v) is 3.82. The first kappa shape index (κ1) is 15.8. The molecule has 2 aromatic rings. The topological polar surface area (TPSA) is 71.7 Å². The minimum atomic E-state index is -0.275. The first-order valence-electron chi connectivity index (χ1n) is 7.28. The Labute approximate surface area is 138 Å². The van der Waals surface area contributed by atoms with Gasteiger partial charge in [0.25, 0.3) is 5.91 Å². The number of hydrogen-bond acceptors (Lipinski definition) is 6. The molecule has 122 valence electrons. The summed E-state index contributed by atoms with van der Waals surface area (Å²) in [7, 11) is 1.68. The highest BCUT2D eigenvalue weighted by Gasteiger charge is 2.21. The molecular formula is C15H17ClN4O3. The number of amides is 1. The second kappa shape index (κ2) is 6.97. The van der Waals surface area contributed by atoms with E-state index in [2.05, 4.69) is 9.97 Å². The molecular weight excluding hydrogens is 320 g/mol. The van der Waals surface area contributed by atoms with E-state index in [1.165, 1.54) is 11.1 Å². The molecule has 23 heavy (non-hydrogen) atoms. The summed E-state index contributed by atoms with van der Waals surface area (Å²) in [5.74, 6) is 0.912. The van der Waals surface area contributed by atoms with Crippen molar-refractivity contribution in [3.63, 3.8) is 0 Å². The second-order valence-corrected chi connectivity index (χ2v) is 5.61. The van der Waals surface area contributed by atoms with Crippen molar-refractivity contribution in [1.82, 2.24) is 14.9 Å². The van der Waals surface area contributed by atoms with Crippen LogP contribution in [0.3, 0.4) is 0 Å². The van der Waals surface area contributed by atoms with Gasteiger partial charge in [-0.3, -0.25) is 4.79 Å². The minimum Gasteiger partial charge on any atom is -0.467 e. The number of nitrogens with zero attached hydrogens (tertiary/aromatic N) is 4. The van der Waals surface area contributed by atoms with Crippen molar-refractivity contribution in [2.75, 3.05) is 38.3 Å². The van der Waals surface area contributed by atoms with E-state index in [0.29, 0.717) is 44.6 Å². The largest absolute Gasteiger partial charge is 0.467 e. The summed E-state index contributed by atoms with van der Waals surface area (Å²) in [6.45, 7) is 2.97. The van der Waals surface area contributed by atoms with Gasteiger partial charge in [-0.15, -0.1) is 0 Å². The van der Waals surface area contributed by atoms with Crippen LogP contribution >= 0.6 is 11.6 Å². The van der Waals surface area contributed by atoms with Crippen molar-refractivity contribution in [3.8, 4) is 0 Å². The average molecular weight is 337 g/mol. The lowest BCUT2D eigenvalue weighted by Crippen LogP contribution is -2.38. The summed E-state index contributed by atoms with van der Waals surface area (Å²) in [4.78, 5) is 24.6. The molecule has 0 unspecified atom stereocenters. The standard InChI is InChI=1S/C15H17ClN4O3/c1-19(10-11-3-2-6-23-11)14(21)13-12(16)9-17-15(18-13)20-4-7-22-8-5-20/h2-3,6,9H,4-5,7-8,10H2,1H3. The highest BCUT2D eigenvalue weighted by atomic mass is 35.5. The zero-order chi connectivity index (χ0) is 16.2. The average Bonchev–Trinajstić information content (AvgIpc) is 3.08. The summed E-state index contributed by atoms with van der Waals surface area (Å²) < 4.78 is 10.6. The van der Waals surface area contributed by atoms with Gasteiger partial charge in [-0.2, -0.15) is 0 Å². The maximum atomic E-state index is 12.6. The van der Waals surface area contributed by atoms with Gasteiger partial charge in [0.2, 0.25) is 5.95 Å². The number of hydrogen-bond donors (Lipinski definition) is 0. The maximum Gasteiger partial charge on any atom is 0.274 e. The van der Waals surface area contributed by atoms with E-state index < -0.39 is 0 Å². The second-order valence-electron chi connectivity index (χ2n) is 5.21. The molecule has 0 aliphatic carbocycles. The van der Waals surface area contributed by atoms with Crippen LogP contribution in [0.15, 0.2) is 29.0 Å². The normalized spacial score (nSPS) is 14.8. The van der Waals surface area contributed by atoms with Crippen molar-refractivity contribution in [2.24, 2.45) is 0 Å². The van der Waals surface area contributed by atoms with Crippen LogP contribution in [0.4, 0.5) is 5.95 Å². The molecule has 0 N–H and O–H groups in total. The fraction of sp³-hybridized carbons (Fsp3) is 0.400. The van der Waals surface area contributed by atoms with E-state index in [-0.39, 0.29) is 16.6 Å². The molecule has 1 saturated heterocycles. The van der Waals surface area contributed by atoms with Crippen LogP contribution in [0.1, 0.15) is 16.2 Å². The van der Waals surface area contributed by atoms with Gasteiger partial charge in [0, 0.05) is 20.1 Å². The number of morpholine rings is 1. The number of carbonyl (C=O) groups excluding carboxylic acids is 1. The van der Waals surface area contributed by atoms with Crippen molar-refractivity contribution in [3.05, 3.63) is 41.1 Å². The summed E-state index contributed by atoms with van der Waals surface area (Å²) in [6.07, 6.45) is 3.04. The zero-order valence-corrected chi connectivity index (χ0v) is 13.5. The summed E-state index contributed by atoms with van der Waals surface area (Å²) >= 11 is 6.12. The van der Waals surface area contributed by atoms with Gasteiger partial charge in [0.15, 0.2) is 5.69 Å². The molecule has 1 aliphatic rings. The number of ether oxygens (including phenoxy) is 1. The first-order valence-corrected chi connectivity index (χ1v) is 7.66. The fourth-order valence-corrected chi connectivity index (χ4v) is 2.48. The monoisotopic (exact) mass is 336 g/mol. The van der Waals surface area contributed by atoms with Crippen LogP contribution in [-0.4, -0.2) is 54.1 Å². The molecule has 0 spiro atoms. The van der Waals surface area contributed by atoms with Crippen LogP contribution in [0, 0.1) is 0 Å². The molecule has 0 atom stereocenters. The van der Waals surface area contributed by atoms with E-state index in [0.717, 1.165) is 0 Å². The van der Waals surface area contributed by atoms with Gasteiger partial charge in [-0.25, -0.2) is 9.97 Å². The quantitative estimate of drug-likeness (QED) is 0.848. The minimum absolute atomic E-state index is 0.192. The highest BCUT2D eigenvalue weighted by molar-refractivity contribution is 6.33. The van der Waals surface area contributed by atoms with Gasteiger partial charge in [-0.05, 0) is 12.1 Å². The SMILES string of the molecule is CN(Cc1ccco1)C(=O)c1nc(N2CCOCC2)ncc1Cl. The molecule has 2 aromatic heterocycles. The summed E-state index contributed by atoms with van der Waals surface area (Å²) in [6, 6.07) is 3.59. The van der Waals surface area contributed by atoms with Crippen LogP contribution < -0.4 is 4.90 Å². The molecule has 3 heterocycles. The van der Waals surface area contributed by atoms with Crippen molar-refractivity contribution in [2.45, 2.75) is 6.54 Å². The molecule has 1 aliphatic heterocycles. The molecule has 0 bridgehead atoms. The molecule has 0 aromatic carbocycles. The number of furan rings is 1. The van der Waals surface area contributed by atoms with Gasteiger partial charge >= 0.3 is 0 Å². The Morgan fingerprint density at radius 1 is 1.43 bits per heavy atom. The zero-order valence-electron chi connectivity index (χ0n) is 12.7. The number of aromatic nitrogens is 2. The summed E-state index contributed by atoms with van der Waals surface area (Å²) in [5.41, 5.74) is 0.192. The van der Waals surface area contributed by atoms with E-state index in [4.69, 9.17) is 20.8 Å². The van der Waals surface area contributed by atoms with Gasteiger partial charge in [0.05, 0.1) is 37.2 Å². The highest BCUT2D eigenvalue weighted by Crippen LogP contribution is 2.19. The molecule has 1 amide bonds. The Balaban J connectivity index is 1.78. The molecule has 8 heteroatoms. The van der Waals surface area contributed by atoms with Crippen LogP contribution in [0.25, 0.3) is 0 Å². The third kappa shape index (κ3) is 3.62. The van der Waals surface area contributed by atoms with Gasteiger partial charge in [-0.1, -0.05) is 11.6 Å². The van der Waals surface area contributed by atoms with Gasteiger partial charge in [0.1, 0.15) is 5.76 Å². The lowest BCUT2D eigenvalue weighted by molar-refractivity contribution is 0.0769. The fourth-order valence-electron chi connectivity index (χ4n) is 2.31. The van der Waals surface area contributed by atoms with Crippen LogP contribution in [-0.2, 0) is 11.3 Å². The molecule has 3 rings (SSSR count). The Kier molecular flexibility index (Phi) is 4.78. The van der Waals surface area contributed by atoms with Crippen LogP contribution in [0.5, 0.6) is 0 Å². The number of rotatable bonds is 4. The molecule has 0 saturated carbocycles. The maximum absolute atomic E-state index is 12.6.